The Kier molecular flexibility index (Phi) is 6.41. The summed E-state index contributed by atoms with van der Waals surface area (Å²) >= 11 is 0. The maximum Gasteiger partial charge on any atom is 0.309 e. The molecule has 3 heterocycles. The number of carboxylic acids is 1. The Morgan fingerprint density at radius 1 is 1.16 bits per heavy atom. The quantitative estimate of drug-likeness (QED) is 0.511. The maximum atomic E-state index is 13.7. The van der Waals surface area contributed by atoms with Crippen LogP contribution in [0.3, 0.4) is 0 Å². The van der Waals surface area contributed by atoms with Crippen LogP contribution < -0.4 is 10.2 Å². The van der Waals surface area contributed by atoms with Crippen LogP contribution in [0.15, 0.2) is 54.7 Å². The van der Waals surface area contributed by atoms with Crippen molar-refractivity contribution in [1.29, 1.82) is 0 Å². The molecule has 2 N–H and O–H groups in total. The molecule has 2 aliphatic heterocycles. The van der Waals surface area contributed by atoms with E-state index in [1.165, 1.54) is 12.3 Å². The average molecular weight is 508 g/mol. The van der Waals surface area contributed by atoms with Gasteiger partial charge < -0.3 is 20.1 Å². The Labute approximate surface area is 213 Å². The number of alkyl halides is 2. The lowest BCUT2D eigenvalue weighted by molar-refractivity contribution is -0.143. The molecule has 1 amide bonds. The fraction of sp³-hybridized carbons (Fsp3) is 0.321. The van der Waals surface area contributed by atoms with E-state index in [0.717, 1.165) is 40.9 Å². The van der Waals surface area contributed by atoms with Crippen LogP contribution in [0, 0.1) is 12.8 Å². The van der Waals surface area contributed by atoms with Crippen LogP contribution in [-0.2, 0) is 21.9 Å². The van der Waals surface area contributed by atoms with Crippen molar-refractivity contribution < 1.29 is 28.2 Å². The van der Waals surface area contributed by atoms with E-state index in [0.29, 0.717) is 31.9 Å². The predicted octanol–water partition coefficient (Wildman–Crippen LogP) is 4.88. The number of hydrogen-bond donors (Lipinski definition) is 2. The number of carbonyl (C=O) groups is 2. The van der Waals surface area contributed by atoms with Crippen molar-refractivity contribution in [2.45, 2.75) is 32.2 Å². The van der Waals surface area contributed by atoms with Crippen LogP contribution in [0.4, 0.5) is 20.2 Å². The van der Waals surface area contributed by atoms with Crippen molar-refractivity contribution in [3.63, 3.8) is 0 Å². The summed E-state index contributed by atoms with van der Waals surface area (Å²) in [4.78, 5) is 30.5. The van der Waals surface area contributed by atoms with Gasteiger partial charge in [0.05, 0.1) is 25.2 Å². The first-order valence-corrected chi connectivity index (χ1v) is 12.1. The van der Waals surface area contributed by atoms with E-state index in [1.54, 1.807) is 6.07 Å². The van der Waals surface area contributed by atoms with Gasteiger partial charge in [-0.15, -0.1) is 0 Å². The monoisotopic (exact) mass is 507 g/mol. The number of halogens is 2. The third-order valence-electron chi connectivity index (χ3n) is 7.06. The molecular weight excluding hydrogens is 480 g/mol. The summed E-state index contributed by atoms with van der Waals surface area (Å²) in [5, 5.41) is 12.6. The maximum absolute atomic E-state index is 13.7. The molecule has 9 heteroatoms. The van der Waals surface area contributed by atoms with E-state index >= 15 is 0 Å². The van der Waals surface area contributed by atoms with Gasteiger partial charge in [0.25, 0.3) is 11.8 Å². The van der Waals surface area contributed by atoms with Crippen LogP contribution in [0.5, 0.6) is 0 Å². The van der Waals surface area contributed by atoms with Gasteiger partial charge in [0.1, 0.15) is 5.69 Å². The molecule has 1 saturated heterocycles. The van der Waals surface area contributed by atoms with E-state index in [1.807, 2.05) is 31.2 Å². The molecule has 0 bridgehead atoms. The van der Waals surface area contributed by atoms with Gasteiger partial charge in [0.2, 0.25) is 0 Å². The second-order valence-electron chi connectivity index (χ2n) is 9.63. The third kappa shape index (κ3) is 4.91. The van der Waals surface area contributed by atoms with Crippen molar-refractivity contribution >= 4 is 23.3 Å². The lowest BCUT2D eigenvalue weighted by Gasteiger charge is -2.45. The van der Waals surface area contributed by atoms with E-state index in [2.05, 4.69) is 21.3 Å². The van der Waals surface area contributed by atoms with E-state index < -0.39 is 29.4 Å². The van der Waals surface area contributed by atoms with Gasteiger partial charge in [-0.1, -0.05) is 18.2 Å². The number of hydrogen-bond acceptors (Lipinski definition) is 5. The molecule has 5 rings (SSSR count). The van der Waals surface area contributed by atoms with Crippen LogP contribution >= 0.6 is 0 Å². The Morgan fingerprint density at radius 3 is 2.73 bits per heavy atom. The van der Waals surface area contributed by atoms with Gasteiger partial charge >= 0.3 is 5.97 Å². The van der Waals surface area contributed by atoms with Gasteiger partial charge in [0, 0.05) is 36.6 Å². The molecule has 192 valence electrons. The zero-order valence-electron chi connectivity index (χ0n) is 20.5. The lowest BCUT2D eigenvalue weighted by Crippen LogP contribution is -2.54. The summed E-state index contributed by atoms with van der Waals surface area (Å²) in [6, 6.07) is 13.8. The summed E-state index contributed by atoms with van der Waals surface area (Å²) in [7, 11) is 0. The lowest BCUT2D eigenvalue weighted by atomic mass is 9.84. The smallest absolute Gasteiger partial charge is 0.309 e. The molecule has 1 aromatic heterocycles. The standard InChI is InChI=1S/C28H27F2N3O4/c1-16-3-6-20(32-26(34)19-7-8-31-25(13-19)28(2,29)30)14-21(16)17-4-5-18-11-22(27(35)36)24-15-37-10-9-33(24)23(18)12-17/h3-8,12-14,22,24H,9-11,15H2,1-2H3,(H,32,34)(H,35,36). The zero-order valence-corrected chi connectivity index (χ0v) is 20.5. The topological polar surface area (TPSA) is 91.8 Å². The minimum atomic E-state index is -3.15. The molecule has 7 nitrogen and oxygen atoms in total. The second-order valence-corrected chi connectivity index (χ2v) is 9.63. The highest BCUT2D eigenvalue weighted by atomic mass is 19.3. The molecule has 0 radical (unpaired) electrons. The molecule has 1 fully saturated rings. The van der Waals surface area contributed by atoms with Gasteiger partial charge in [0.15, 0.2) is 0 Å². The van der Waals surface area contributed by atoms with Crippen molar-refractivity contribution in [1.82, 2.24) is 4.98 Å². The molecule has 2 aromatic carbocycles. The van der Waals surface area contributed by atoms with Crippen LogP contribution in [0.1, 0.15) is 34.1 Å². The number of aliphatic carboxylic acids is 1. The zero-order chi connectivity index (χ0) is 26.3. The molecule has 2 aliphatic rings. The Bertz CT molecular complexity index is 1370. The minimum Gasteiger partial charge on any atom is -0.481 e. The molecule has 0 aliphatic carbocycles. The normalized spacial score (nSPS) is 19.1. The van der Waals surface area contributed by atoms with Gasteiger partial charge in [-0.3, -0.25) is 14.6 Å². The average Bonchev–Trinajstić information content (AvgIpc) is 2.88. The number of pyridine rings is 1. The number of amides is 1. The van der Waals surface area contributed by atoms with E-state index in [9.17, 15) is 23.5 Å². The predicted molar refractivity (Wildman–Crippen MR) is 135 cm³/mol. The van der Waals surface area contributed by atoms with Crippen molar-refractivity contribution in [2.75, 3.05) is 30.0 Å². The molecule has 2 unspecified atom stereocenters. The van der Waals surface area contributed by atoms with E-state index in [-0.39, 0.29) is 11.6 Å². The van der Waals surface area contributed by atoms with Crippen LogP contribution in [0.2, 0.25) is 0 Å². The molecule has 0 saturated carbocycles. The first-order valence-electron chi connectivity index (χ1n) is 12.1. The number of nitrogens with one attached hydrogen (secondary N) is 1. The first-order chi connectivity index (χ1) is 17.6. The summed E-state index contributed by atoms with van der Waals surface area (Å²) in [6.45, 7) is 4.24. The Morgan fingerprint density at radius 2 is 1.97 bits per heavy atom. The molecule has 2 atom stereocenters. The number of ether oxygens (including phenoxy) is 1. The SMILES string of the molecule is Cc1ccc(NC(=O)c2ccnc(C(C)(F)F)c2)cc1-c1ccc2c(c1)N1CCOCC1C(C(=O)O)C2. The Balaban J connectivity index is 1.44. The number of carboxylic acid groups (broad SMARTS) is 1. The van der Waals surface area contributed by atoms with Crippen molar-refractivity contribution in [3.8, 4) is 11.1 Å². The number of anilines is 2. The summed E-state index contributed by atoms with van der Waals surface area (Å²) in [6.07, 6.45) is 1.64. The van der Waals surface area contributed by atoms with E-state index in [4.69, 9.17) is 4.74 Å². The van der Waals surface area contributed by atoms with Gasteiger partial charge in [-0.2, -0.15) is 8.78 Å². The fourth-order valence-electron chi connectivity index (χ4n) is 5.08. The highest BCUT2D eigenvalue weighted by Gasteiger charge is 2.40. The molecule has 37 heavy (non-hydrogen) atoms. The first kappa shape index (κ1) is 24.8. The fourth-order valence-corrected chi connectivity index (χ4v) is 5.08. The minimum absolute atomic E-state index is 0.0915. The Hall–Kier alpha value is -3.85. The van der Waals surface area contributed by atoms with Crippen molar-refractivity contribution in [2.24, 2.45) is 5.92 Å². The highest BCUT2D eigenvalue weighted by Crippen LogP contribution is 2.39. The highest BCUT2D eigenvalue weighted by molar-refractivity contribution is 6.04. The number of morpholine rings is 1. The van der Waals surface area contributed by atoms with Gasteiger partial charge in [-0.25, -0.2) is 0 Å². The number of nitrogens with zero attached hydrogens (tertiary/aromatic N) is 2. The number of aryl methyl sites for hydroxylation is 1. The summed E-state index contributed by atoms with van der Waals surface area (Å²) in [5.74, 6) is -5.01. The van der Waals surface area contributed by atoms with Crippen molar-refractivity contribution in [3.05, 3.63) is 77.1 Å². The van der Waals surface area contributed by atoms with Crippen LogP contribution in [-0.4, -0.2) is 47.8 Å². The van der Waals surface area contributed by atoms with Crippen LogP contribution in [0.25, 0.3) is 11.1 Å². The third-order valence-corrected chi connectivity index (χ3v) is 7.06. The number of aromatic nitrogens is 1. The molecule has 3 aromatic rings. The largest absolute Gasteiger partial charge is 0.481 e. The number of benzene rings is 2. The summed E-state index contributed by atoms with van der Waals surface area (Å²) in [5.41, 5.74) is 4.97. The number of carbonyl (C=O) groups excluding carboxylic acids is 1. The number of fused-ring (bicyclic) bond motifs is 3. The molecule has 0 spiro atoms. The second kappa shape index (κ2) is 9.55. The van der Waals surface area contributed by atoms with Gasteiger partial charge in [-0.05, 0) is 65.9 Å². The summed E-state index contributed by atoms with van der Waals surface area (Å²) < 4.78 is 32.9. The number of rotatable bonds is 5. The molecular formula is C28H27F2N3O4.